The molecule has 0 spiro atoms. The van der Waals surface area contributed by atoms with Gasteiger partial charge in [-0.1, -0.05) is 24.3 Å². The standard InChI is InChI=1S/C23H25F3N4O2/c1-14-12-30(10-11-31-14)18-13-32-19-9-4-3-6-15(19)20(18)27-16-7-5-8-17-21(16)29(2)22(28-17)23(24,25)26/h3-9,14,18,20,27H,10-13H2,1-2H3/t14-,18+,20+/m1/s1. The molecule has 0 radical (unpaired) electrons. The molecule has 3 atom stereocenters. The second-order valence-electron chi connectivity index (χ2n) is 8.38. The Bertz CT molecular complexity index is 1130. The average Bonchev–Trinajstić information content (AvgIpc) is 3.12. The summed E-state index contributed by atoms with van der Waals surface area (Å²) in [6, 6.07) is 12.8. The Hall–Kier alpha value is -2.78. The number of imidazole rings is 1. The number of rotatable bonds is 3. The number of para-hydroxylation sites is 2. The Balaban J connectivity index is 1.57. The van der Waals surface area contributed by atoms with Crippen LogP contribution in [0.1, 0.15) is 24.4 Å². The van der Waals surface area contributed by atoms with Crippen molar-refractivity contribution in [3.05, 3.63) is 53.9 Å². The van der Waals surface area contributed by atoms with Crippen molar-refractivity contribution >= 4 is 16.7 Å². The summed E-state index contributed by atoms with van der Waals surface area (Å²) in [5, 5.41) is 3.56. The molecule has 0 aliphatic carbocycles. The van der Waals surface area contributed by atoms with Gasteiger partial charge in [-0.3, -0.25) is 4.90 Å². The van der Waals surface area contributed by atoms with Crippen molar-refractivity contribution in [3.8, 4) is 5.75 Å². The predicted octanol–water partition coefficient (Wildman–Crippen LogP) is 4.23. The Kier molecular flexibility index (Phi) is 5.25. The van der Waals surface area contributed by atoms with E-state index in [-0.39, 0.29) is 18.2 Å². The molecule has 32 heavy (non-hydrogen) atoms. The Morgan fingerprint density at radius 3 is 2.72 bits per heavy atom. The zero-order chi connectivity index (χ0) is 22.5. The summed E-state index contributed by atoms with van der Waals surface area (Å²) in [7, 11) is 1.41. The van der Waals surface area contributed by atoms with Crippen LogP contribution in [0.4, 0.5) is 18.9 Å². The number of alkyl halides is 3. The number of hydrogen-bond donors (Lipinski definition) is 1. The van der Waals surface area contributed by atoms with Crippen molar-refractivity contribution in [1.82, 2.24) is 14.5 Å². The topological polar surface area (TPSA) is 51.5 Å². The number of benzene rings is 2. The predicted molar refractivity (Wildman–Crippen MR) is 115 cm³/mol. The number of morpholine rings is 1. The lowest BCUT2D eigenvalue weighted by Crippen LogP contribution is -2.54. The van der Waals surface area contributed by atoms with Crippen LogP contribution in [0.5, 0.6) is 5.75 Å². The molecule has 0 bridgehead atoms. The van der Waals surface area contributed by atoms with Crippen LogP contribution in [0.25, 0.3) is 11.0 Å². The van der Waals surface area contributed by atoms with Gasteiger partial charge in [-0.25, -0.2) is 4.98 Å². The van der Waals surface area contributed by atoms with Gasteiger partial charge in [0.25, 0.3) is 0 Å². The molecule has 0 saturated carbocycles. The van der Waals surface area contributed by atoms with E-state index in [0.717, 1.165) is 29.0 Å². The highest BCUT2D eigenvalue weighted by Crippen LogP contribution is 2.39. The van der Waals surface area contributed by atoms with Gasteiger partial charge in [0, 0.05) is 25.7 Å². The van der Waals surface area contributed by atoms with E-state index in [1.165, 1.54) is 7.05 Å². The smallest absolute Gasteiger partial charge is 0.449 e. The Labute approximate surface area is 183 Å². The first-order valence-corrected chi connectivity index (χ1v) is 10.7. The van der Waals surface area contributed by atoms with Crippen molar-refractivity contribution in [3.63, 3.8) is 0 Å². The molecule has 1 N–H and O–H groups in total. The minimum absolute atomic E-state index is 0.00169. The monoisotopic (exact) mass is 446 g/mol. The fourth-order valence-corrected chi connectivity index (χ4v) is 4.79. The number of aryl methyl sites for hydroxylation is 1. The second kappa shape index (κ2) is 7.97. The van der Waals surface area contributed by atoms with Crippen LogP contribution in [0.2, 0.25) is 0 Å². The second-order valence-corrected chi connectivity index (χ2v) is 8.38. The molecule has 2 aromatic carbocycles. The quantitative estimate of drug-likeness (QED) is 0.653. The summed E-state index contributed by atoms with van der Waals surface area (Å²) < 4.78 is 53.3. The third-order valence-electron chi connectivity index (χ3n) is 6.25. The first-order valence-electron chi connectivity index (χ1n) is 10.7. The SMILES string of the molecule is C[C@@H]1CN([C@H]2COc3ccccc3[C@@H]2Nc2cccc3nc(C(F)(F)F)n(C)c23)CCO1. The first kappa shape index (κ1) is 21.1. The molecule has 1 saturated heterocycles. The molecule has 0 amide bonds. The van der Waals surface area contributed by atoms with Crippen LogP contribution in [-0.2, 0) is 18.0 Å². The van der Waals surface area contributed by atoms with Crippen molar-refractivity contribution < 1.29 is 22.6 Å². The van der Waals surface area contributed by atoms with E-state index in [4.69, 9.17) is 9.47 Å². The Morgan fingerprint density at radius 1 is 1.12 bits per heavy atom. The van der Waals surface area contributed by atoms with Gasteiger partial charge in [0.15, 0.2) is 0 Å². The molecule has 1 aromatic heterocycles. The molecule has 0 unspecified atom stereocenters. The summed E-state index contributed by atoms with van der Waals surface area (Å²) in [4.78, 5) is 6.19. The number of anilines is 1. The number of nitrogens with one attached hydrogen (secondary N) is 1. The molecule has 2 aliphatic heterocycles. The zero-order valence-corrected chi connectivity index (χ0v) is 17.9. The van der Waals surface area contributed by atoms with Crippen LogP contribution in [0, 0.1) is 0 Å². The van der Waals surface area contributed by atoms with E-state index in [0.29, 0.717) is 29.9 Å². The summed E-state index contributed by atoms with van der Waals surface area (Å²) >= 11 is 0. The highest BCUT2D eigenvalue weighted by atomic mass is 19.4. The van der Waals surface area contributed by atoms with Crippen LogP contribution in [-0.4, -0.2) is 52.9 Å². The molecular formula is C23H25F3N4O2. The molecule has 2 aliphatic rings. The molecule has 5 rings (SSSR count). The first-order chi connectivity index (χ1) is 15.3. The molecule has 3 heterocycles. The van der Waals surface area contributed by atoms with Gasteiger partial charge in [0.2, 0.25) is 5.82 Å². The fourth-order valence-electron chi connectivity index (χ4n) is 4.79. The number of hydrogen-bond acceptors (Lipinski definition) is 5. The van der Waals surface area contributed by atoms with E-state index in [1.807, 2.05) is 31.2 Å². The lowest BCUT2D eigenvalue weighted by molar-refractivity contribution is -0.146. The summed E-state index contributed by atoms with van der Waals surface area (Å²) in [6.07, 6.45) is -4.42. The maximum Gasteiger partial charge on any atom is 0.449 e. The van der Waals surface area contributed by atoms with Gasteiger partial charge in [-0.15, -0.1) is 0 Å². The van der Waals surface area contributed by atoms with Crippen LogP contribution in [0.3, 0.4) is 0 Å². The maximum absolute atomic E-state index is 13.5. The highest BCUT2D eigenvalue weighted by Gasteiger charge is 2.39. The molecule has 170 valence electrons. The number of aromatic nitrogens is 2. The number of halogens is 3. The van der Waals surface area contributed by atoms with Crippen LogP contribution < -0.4 is 10.1 Å². The average molecular weight is 446 g/mol. The molecule has 9 heteroatoms. The van der Waals surface area contributed by atoms with Gasteiger partial charge in [0.05, 0.1) is 41.5 Å². The highest BCUT2D eigenvalue weighted by molar-refractivity contribution is 5.89. The number of ether oxygens (including phenoxy) is 2. The van der Waals surface area contributed by atoms with Gasteiger partial charge in [-0.2, -0.15) is 13.2 Å². The van der Waals surface area contributed by atoms with Crippen molar-refractivity contribution in [1.29, 1.82) is 0 Å². The number of fused-ring (bicyclic) bond motifs is 2. The fraction of sp³-hybridized carbons (Fsp3) is 0.435. The summed E-state index contributed by atoms with van der Waals surface area (Å²) in [6.45, 7) is 4.70. The van der Waals surface area contributed by atoms with Gasteiger partial charge < -0.3 is 19.4 Å². The van der Waals surface area contributed by atoms with Crippen molar-refractivity contribution in [2.24, 2.45) is 7.05 Å². The minimum Gasteiger partial charge on any atom is -0.491 e. The van der Waals surface area contributed by atoms with Crippen LogP contribution >= 0.6 is 0 Å². The third-order valence-corrected chi connectivity index (χ3v) is 6.25. The van der Waals surface area contributed by atoms with Gasteiger partial charge in [0.1, 0.15) is 12.4 Å². The largest absolute Gasteiger partial charge is 0.491 e. The maximum atomic E-state index is 13.5. The minimum atomic E-state index is -4.53. The third kappa shape index (κ3) is 3.69. The summed E-state index contributed by atoms with van der Waals surface area (Å²) in [5.74, 6) is -0.122. The zero-order valence-electron chi connectivity index (χ0n) is 17.9. The van der Waals surface area contributed by atoms with E-state index < -0.39 is 12.0 Å². The number of nitrogens with zero attached hydrogens (tertiary/aromatic N) is 3. The molecular weight excluding hydrogens is 421 g/mol. The summed E-state index contributed by atoms with van der Waals surface area (Å²) in [5.41, 5.74) is 2.33. The van der Waals surface area contributed by atoms with Crippen molar-refractivity contribution in [2.75, 3.05) is 31.6 Å². The van der Waals surface area contributed by atoms with E-state index in [1.54, 1.807) is 18.2 Å². The van der Waals surface area contributed by atoms with E-state index in [9.17, 15) is 13.2 Å². The molecule has 1 fully saturated rings. The molecule has 6 nitrogen and oxygen atoms in total. The Morgan fingerprint density at radius 2 is 1.94 bits per heavy atom. The lowest BCUT2D eigenvalue weighted by Gasteiger charge is -2.44. The van der Waals surface area contributed by atoms with E-state index >= 15 is 0 Å². The van der Waals surface area contributed by atoms with Crippen LogP contribution in [0.15, 0.2) is 42.5 Å². The lowest BCUT2D eigenvalue weighted by atomic mass is 9.94. The van der Waals surface area contributed by atoms with E-state index in [2.05, 4.69) is 15.2 Å². The molecule has 3 aromatic rings. The van der Waals surface area contributed by atoms with Gasteiger partial charge in [-0.05, 0) is 25.1 Å². The van der Waals surface area contributed by atoms with Gasteiger partial charge >= 0.3 is 6.18 Å². The normalized spacial score (nSPS) is 24.2. The van der Waals surface area contributed by atoms with Crippen molar-refractivity contribution in [2.45, 2.75) is 31.3 Å².